The summed E-state index contributed by atoms with van der Waals surface area (Å²) in [5.74, 6) is 1.91. The average molecular weight is 205 g/mol. The van der Waals surface area contributed by atoms with Crippen LogP contribution >= 0.6 is 0 Å². The summed E-state index contributed by atoms with van der Waals surface area (Å²) in [5.41, 5.74) is 1.29. The molecule has 0 radical (unpaired) electrons. The highest BCUT2D eigenvalue weighted by Gasteiger charge is 2.22. The van der Waals surface area contributed by atoms with Crippen LogP contribution in [0.5, 0.6) is 0 Å². The Hall–Kier alpha value is -1.09. The monoisotopic (exact) mass is 205 g/mol. The lowest BCUT2D eigenvalue weighted by Gasteiger charge is -2.17. The molecular formula is C12H19N3. The van der Waals surface area contributed by atoms with Crippen LogP contribution in [0, 0.1) is 12.8 Å². The molecule has 1 aromatic rings. The first-order valence-corrected chi connectivity index (χ1v) is 5.62. The third-order valence-corrected chi connectivity index (χ3v) is 3.00. The molecule has 1 fully saturated rings. The molecule has 1 aliphatic heterocycles. The van der Waals surface area contributed by atoms with E-state index in [2.05, 4.69) is 28.2 Å². The van der Waals surface area contributed by atoms with Crippen LogP contribution in [0.4, 0.5) is 5.82 Å². The van der Waals surface area contributed by atoms with E-state index in [0.717, 1.165) is 31.4 Å². The highest BCUT2D eigenvalue weighted by molar-refractivity contribution is 5.41. The van der Waals surface area contributed by atoms with Gasteiger partial charge in [-0.15, -0.1) is 0 Å². The molecule has 0 spiro atoms. The normalized spacial score (nSPS) is 20.9. The zero-order valence-corrected chi connectivity index (χ0v) is 9.53. The van der Waals surface area contributed by atoms with Crippen molar-refractivity contribution >= 4 is 5.82 Å². The minimum atomic E-state index is 0.775. The number of aromatic nitrogens is 1. The molecule has 0 saturated carbocycles. The van der Waals surface area contributed by atoms with E-state index in [4.69, 9.17) is 0 Å². The van der Waals surface area contributed by atoms with Gasteiger partial charge in [-0.2, -0.15) is 0 Å². The summed E-state index contributed by atoms with van der Waals surface area (Å²) in [6.07, 6.45) is 3.17. The molecule has 0 amide bonds. The second-order valence-corrected chi connectivity index (χ2v) is 4.35. The van der Waals surface area contributed by atoms with Gasteiger partial charge in [-0.05, 0) is 50.6 Å². The molecule has 1 unspecified atom stereocenters. The molecule has 82 valence electrons. The minimum absolute atomic E-state index is 0.775. The van der Waals surface area contributed by atoms with Crippen molar-refractivity contribution in [2.45, 2.75) is 13.3 Å². The van der Waals surface area contributed by atoms with E-state index in [-0.39, 0.29) is 0 Å². The fraction of sp³-hybridized carbons (Fsp3) is 0.583. The fourth-order valence-corrected chi connectivity index (χ4v) is 2.19. The van der Waals surface area contributed by atoms with Gasteiger partial charge < -0.3 is 10.2 Å². The van der Waals surface area contributed by atoms with Gasteiger partial charge in [-0.1, -0.05) is 0 Å². The molecule has 1 N–H and O–H groups in total. The van der Waals surface area contributed by atoms with E-state index >= 15 is 0 Å². The maximum Gasteiger partial charge on any atom is 0.128 e. The average Bonchev–Trinajstić information content (AvgIpc) is 2.67. The van der Waals surface area contributed by atoms with Crippen molar-refractivity contribution in [2.75, 3.05) is 31.6 Å². The van der Waals surface area contributed by atoms with E-state index < -0.39 is 0 Å². The van der Waals surface area contributed by atoms with Gasteiger partial charge in [0.15, 0.2) is 0 Å². The fourth-order valence-electron chi connectivity index (χ4n) is 2.19. The summed E-state index contributed by atoms with van der Waals surface area (Å²) in [7, 11) is 2.02. The zero-order valence-electron chi connectivity index (χ0n) is 9.53. The summed E-state index contributed by atoms with van der Waals surface area (Å²) in [6, 6.07) is 4.21. The van der Waals surface area contributed by atoms with Crippen LogP contribution in [0.25, 0.3) is 0 Å². The highest BCUT2D eigenvalue weighted by Crippen LogP contribution is 2.21. The van der Waals surface area contributed by atoms with Crippen LogP contribution in [0.3, 0.4) is 0 Å². The summed E-state index contributed by atoms with van der Waals surface area (Å²) in [6.45, 7) is 5.51. The maximum atomic E-state index is 4.42. The Morgan fingerprint density at radius 3 is 3.20 bits per heavy atom. The Labute approximate surface area is 91.5 Å². The van der Waals surface area contributed by atoms with Crippen LogP contribution in [-0.2, 0) is 0 Å². The molecule has 15 heavy (non-hydrogen) atoms. The number of hydrogen-bond acceptors (Lipinski definition) is 3. The van der Waals surface area contributed by atoms with Crippen LogP contribution in [0.2, 0.25) is 0 Å². The Morgan fingerprint density at radius 2 is 2.47 bits per heavy atom. The number of nitrogens with zero attached hydrogens (tertiary/aromatic N) is 2. The molecule has 0 bridgehead atoms. The number of hydrogen-bond donors (Lipinski definition) is 1. The number of pyridine rings is 1. The van der Waals surface area contributed by atoms with Gasteiger partial charge in [0.1, 0.15) is 5.82 Å². The Bertz CT molecular complexity index is 324. The van der Waals surface area contributed by atoms with Gasteiger partial charge in [-0.25, -0.2) is 4.98 Å². The van der Waals surface area contributed by atoms with E-state index in [0.29, 0.717) is 0 Å². The quantitative estimate of drug-likeness (QED) is 0.809. The third kappa shape index (κ3) is 2.48. The Kier molecular flexibility index (Phi) is 3.21. The van der Waals surface area contributed by atoms with Crippen LogP contribution in [0.15, 0.2) is 18.3 Å². The van der Waals surface area contributed by atoms with E-state index in [1.807, 2.05) is 19.3 Å². The van der Waals surface area contributed by atoms with Crippen molar-refractivity contribution in [1.82, 2.24) is 10.3 Å². The highest BCUT2D eigenvalue weighted by atomic mass is 15.2. The molecule has 1 aliphatic rings. The minimum Gasteiger partial charge on any atom is -0.356 e. The smallest absolute Gasteiger partial charge is 0.128 e. The summed E-state index contributed by atoms with van der Waals surface area (Å²) in [5, 5.41) is 3.25. The predicted molar refractivity (Wildman–Crippen MR) is 63.2 cm³/mol. The largest absolute Gasteiger partial charge is 0.356 e. The number of rotatable bonds is 3. The van der Waals surface area contributed by atoms with Crippen molar-refractivity contribution in [2.24, 2.45) is 5.92 Å². The van der Waals surface area contributed by atoms with E-state index in [1.165, 1.54) is 12.0 Å². The van der Waals surface area contributed by atoms with Crippen molar-refractivity contribution < 1.29 is 0 Å². The van der Waals surface area contributed by atoms with Gasteiger partial charge in [0.05, 0.1) is 0 Å². The van der Waals surface area contributed by atoms with Gasteiger partial charge in [0, 0.05) is 19.3 Å². The molecule has 0 aliphatic carbocycles. The van der Waals surface area contributed by atoms with Crippen molar-refractivity contribution in [1.29, 1.82) is 0 Å². The molecular weight excluding hydrogens is 186 g/mol. The number of nitrogens with one attached hydrogen (secondary N) is 1. The Morgan fingerprint density at radius 1 is 1.60 bits per heavy atom. The van der Waals surface area contributed by atoms with Gasteiger partial charge in [-0.3, -0.25) is 0 Å². The predicted octanol–water partition coefficient (Wildman–Crippen LogP) is 1.44. The molecule has 0 aromatic carbocycles. The third-order valence-electron chi connectivity index (χ3n) is 3.00. The maximum absolute atomic E-state index is 4.42. The number of anilines is 1. The summed E-state index contributed by atoms with van der Waals surface area (Å²) >= 11 is 0. The first-order chi connectivity index (χ1) is 7.29. The van der Waals surface area contributed by atoms with Crippen LogP contribution in [0.1, 0.15) is 12.0 Å². The van der Waals surface area contributed by atoms with Crippen LogP contribution in [-0.4, -0.2) is 31.7 Å². The SMILES string of the molecule is CNCC1CCN(c2cc(C)ccn2)C1. The lowest BCUT2D eigenvalue weighted by atomic mass is 10.1. The van der Waals surface area contributed by atoms with Crippen molar-refractivity contribution in [3.63, 3.8) is 0 Å². The lowest BCUT2D eigenvalue weighted by Crippen LogP contribution is -2.24. The second-order valence-electron chi connectivity index (χ2n) is 4.35. The molecule has 3 heteroatoms. The standard InChI is InChI=1S/C12H19N3/c1-10-3-5-14-12(7-10)15-6-4-11(9-15)8-13-2/h3,5,7,11,13H,4,6,8-9H2,1-2H3. The van der Waals surface area contributed by atoms with Crippen molar-refractivity contribution in [3.8, 4) is 0 Å². The second kappa shape index (κ2) is 4.62. The first-order valence-electron chi connectivity index (χ1n) is 5.62. The lowest BCUT2D eigenvalue weighted by molar-refractivity contribution is 0.549. The molecule has 2 rings (SSSR count). The number of aryl methyl sites for hydroxylation is 1. The molecule has 1 atom stereocenters. The molecule has 1 aromatic heterocycles. The first kappa shape index (κ1) is 10.4. The zero-order chi connectivity index (χ0) is 10.7. The van der Waals surface area contributed by atoms with E-state index in [9.17, 15) is 0 Å². The van der Waals surface area contributed by atoms with Crippen molar-refractivity contribution in [3.05, 3.63) is 23.9 Å². The topological polar surface area (TPSA) is 28.2 Å². The van der Waals surface area contributed by atoms with Gasteiger partial charge in [0.2, 0.25) is 0 Å². The Balaban J connectivity index is 2.01. The van der Waals surface area contributed by atoms with E-state index in [1.54, 1.807) is 0 Å². The molecule has 2 heterocycles. The summed E-state index contributed by atoms with van der Waals surface area (Å²) in [4.78, 5) is 6.81. The van der Waals surface area contributed by atoms with Gasteiger partial charge >= 0.3 is 0 Å². The van der Waals surface area contributed by atoms with Gasteiger partial charge in [0.25, 0.3) is 0 Å². The van der Waals surface area contributed by atoms with Crippen LogP contribution < -0.4 is 10.2 Å². The summed E-state index contributed by atoms with van der Waals surface area (Å²) < 4.78 is 0. The molecule has 3 nitrogen and oxygen atoms in total. The molecule has 1 saturated heterocycles.